The molecule has 0 aliphatic carbocycles. The summed E-state index contributed by atoms with van der Waals surface area (Å²) in [4.78, 5) is 19.6. The molecule has 2 heterocycles. The fourth-order valence-electron chi connectivity index (χ4n) is 2.58. The Morgan fingerprint density at radius 1 is 1.21 bits per heavy atom. The van der Waals surface area contributed by atoms with Gasteiger partial charge < -0.3 is 5.73 Å². The van der Waals surface area contributed by atoms with Crippen molar-refractivity contribution in [3.05, 3.63) is 69.6 Å². The van der Waals surface area contributed by atoms with Crippen molar-refractivity contribution in [2.45, 2.75) is 13.0 Å². The highest BCUT2D eigenvalue weighted by Gasteiger charge is 2.09. The largest absolute Gasteiger partial charge is 0.329 e. The maximum atomic E-state index is 12.1. The molecule has 24 heavy (non-hydrogen) atoms. The normalized spacial score (nSPS) is 10.9. The first-order valence-corrected chi connectivity index (χ1v) is 8.56. The standard InChI is InChI=1S/C17H20N4OS.ClH/c18-7-9-20(8-6-14-4-2-1-3-5-14)13-15-12-16(22)21-10-11-23-17(21)19-15;/h1-5,10-12H,6-9,13,18H2;1H. The van der Waals surface area contributed by atoms with Crippen molar-refractivity contribution in [1.29, 1.82) is 0 Å². The lowest BCUT2D eigenvalue weighted by atomic mass is 10.1. The first-order chi connectivity index (χ1) is 11.3. The van der Waals surface area contributed by atoms with E-state index >= 15 is 0 Å². The van der Waals surface area contributed by atoms with E-state index in [1.165, 1.54) is 16.9 Å². The summed E-state index contributed by atoms with van der Waals surface area (Å²) in [6.07, 6.45) is 2.72. The number of fused-ring (bicyclic) bond motifs is 1. The second-order valence-corrected chi connectivity index (χ2v) is 6.31. The molecule has 3 aromatic rings. The van der Waals surface area contributed by atoms with E-state index in [0.29, 0.717) is 13.1 Å². The van der Waals surface area contributed by atoms with Gasteiger partial charge in [0, 0.05) is 43.8 Å². The molecule has 0 saturated carbocycles. The molecule has 0 atom stereocenters. The first-order valence-electron chi connectivity index (χ1n) is 7.68. The summed E-state index contributed by atoms with van der Waals surface area (Å²) in [5.41, 5.74) is 7.81. The highest BCUT2D eigenvalue weighted by Crippen LogP contribution is 2.09. The van der Waals surface area contributed by atoms with Gasteiger partial charge in [0.05, 0.1) is 5.69 Å². The molecule has 0 bridgehead atoms. The third-order valence-electron chi connectivity index (χ3n) is 3.75. The zero-order valence-corrected chi connectivity index (χ0v) is 14.9. The Bertz CT molecular complexity index is 818. The summed E-state index contributed by atoms with van der Waals surface area (Å²) in [5.74, 6) is 0. The maximum Gasteiger partial charge on any atom is 0.258 e. The molecule has 2 aromatic heterocycles. The molecule has 3 rings (SSSR count). The van der Waals surface area contributed by atoms with Gasteiger partial charge in [-0.1, -0.05) is 30.3 Å². The van der Waals surface area contributed by atoms with Gasteiger partial charge in [-0.15, -0.1) is 23.7 Å². The van der Waals surface area contributed by atoms with E-state index in [4.69, 9.17) is 5.73 Å². The maximum absolute atomic E-state index is 12.1. The zero-order valence-electron chi connectivity index (χ0n) is 13.3. The fourth-order valence-corrected chi connectivity index (χ4v) is 3.32. The Morgan fingerprint density at radius 2 is 2.00 bits per heavy atom. The first kappa shape index (κ1) is 18.6. The number of hydrogen-bond acceptors (Lipinski definition) is 5. The van der Waals surface area contributed by atoms with Crippen molar-refractivity contribution in [1.82, 2.24) is 14.3 Å². The molecule has 5 nitrogen and oxygen atoms in total. The number of nitrogens with two attached hydrogens (primary N) is 1. The van der Waals surface area contributed by atoms with Crippen LogP contribution in [-0.4, -0.2) is 33.9 Å². The van der Waals surface area contributed by atoms with Crippen LogP contribution in [0, 0.1) is 0 Å². The lowest BCUT2D eigenvalue weighted by Gasteiger charge is -2.21. The van der Waals surface area contributed by atoms with Crippen LogP contribution in [0.1, 0.15) is 11.3 Å². The predicted octanol–water partition coefficient (Wildman–Crippen LogP) is 2.18. The quantitative estimate of drug-likeness (QED) is 0.698. The molecule has 0 aliphatic heterocycles. The van der Waals surface area contributed by atoms with Gasteiger partial charge in [0.15, 0.2) is 4.96 Å². The van der Waals surface area contributed by atoms with Crippen molar-refractivity contribution in [2.24, 2.45) is 5.73 Å². The molecule has 0 saturated heterocycles. The average molecular weight is 365 g/mol. The third-order valence-corrected chi connectivity index (χ3v) is 4.50. The fraction of sp³-hybridized carbons (Fsp3) is 0.294. The van der Waals surface area contributed by atoms with E-state index in [0.717, 1.165) is 30.2 Å². The minimum Gasteiger partial charge on any atom is -0.329 e. The molecule has 7 heteroatoms. The number of thiazole rings is 1. The van der Waals surface area contributed by atoms with Crippen LogP contribution in [0.4, 0.5) is 0 Å². The van der Waals surface area contributed by atoms with Crippen LogP contribution < -0.4 is 11.3 Å². The summed E-state index contributed by atoms with van der Waals surface area (Å²) < 4.78 is 1.57. The Morgan fingerprint density at radius 3 is 2.75 bits per heavy atom. The monoisotopic (exact) mass is 364 g/mol. The number of aromatic nitrogens is 2. The molecule has 0 amide bonds. The number of rotatable bonds is 7. The summed E-state index contributed by atoms with van der Waals surface area (Å²) in [5, 5.41) is 1.88. The second kappa shape index (κ2) is 8.94. The van der Waals surface area contributed by atoms with Gasteiger partial charge in [0.1, 0.15) is 0 Å². The molecule has 0 aliphatic rings. The van der Waals surface area contributed by atoms with Gasteiger partial charge in [-0.25, -0.2) is 4.98 Å². The van der Waals surface area contributed by atoms with Crippen LogP contribution in [0.5, 0.6) is 0 Å². The van der Waals surface area contributed by atoms with Crippen molar-refractivity contribution in [3.63, 3.8) is 0 Å². The lowest BCUT2D eigenvalue weighted by molar-refractivity contribution is 0.273. The molecule has 0 fully saturated rings. The Labute approximate surface area is 151 Å². The van der Waals surface area contributed by atoms with Crippen molar-refractivity contribution < 1.29 is 0 Å². The van der Waals surface area contributed by atoms with Gasteiger partial charge in [0.2, 0.25) is 0 Å². The van der Waals surface area contributed by atoms with Gasteiger partial charge in [-0.2, -0.15) is 0 Å². The molecule has 0 unspecified atom stereocenters. The average Bonchev–Trinajstić information content (AvgIpc) is 3.03. The van der Waals surface area contributed by atoms with Crippen molar-refractivity contribution >= 4 is 28.7 Å². The van der Waals surface area contributed by atoms with Crippen LogP contribution in [0.2, 0.25) is 0 Å². The Hall–Kier alpha value is -1.73. The van der Waals surface area contributed by atoms with Gasteiger partial charge in [-0.05, 0) is 12.0 Å². The molecule has 2 N–H and O–H groups in total. The molecule has 128 valence electrons. The minimum atomic E-state index is -0.0259. The summed E-state index contributed by atoms with van der Waals surface area (Å²) in [7, 11) is 0. The Kier molecular flexibility index (Phi) is 6.93. The van der Waals surface area contributed by atoms with E-state index in [9.17, 15) is 4.79 Å². The number of halogens is 1. The smallest absolute Gasteiger partial charge is 0.258 e. The Balaban J connectivity index is 0.00000208. The van der Waals surface area contributed by atoms with Crippen LogP contribution in [0.3, 0.4) is 0 Å². The van der Waals surface area contributed by atoms with Crippen LogP contribution >= 0.6 is 23.7 Å². The molecule has 0 spiro atoms. The van der Waals surface area contributed by atoms with E-state index in [1.54, 1.807) is 16.7 Å². The molecular formula is C17H21ClN4OS. The highest BCUT2D eigenvalue weighted by molar-refractivity contribution is 7.15. The van der Waals surface area contributed by atoms with Gasteiger partial charge >= 0.3 is 0 Å². The van der Waals surface area contributed by atoms with Crippen LogP contribution in [-0.2, 0) is 13.0 Å². The third kappa shape index (κ3) is 4.64. The molecule has 0 radical (unpaired) electrons. The lowest BCUT2D eigenvalue weighted by Crippen LogP contribution is -2.32. The van der Waals surface area contributed by atoms with Crippen molar-refractivity contribution in [3.8, 4) is 0 Å². The summed E-state index contributed by atoms with van der Waals surface area (Å²) >= 11 is 1.47. The molecule has 1 aromatic carbocycles. The minimum absolute atomic E-state index is 0. The zero-order chi connectivity index (χ0) is 16.1. The topological polar surface area (TPSA) is 63.6 Å². The van der Waals surface area contributed by atoms with E-state index in [2.05, 4.69) is 34.1 Å². The van der Waals surface area contributed by atoms with E-state index in [-0.39, 0.29) is 18.0 Å². The SMILES string of the molecule is Cl.NCCN(CCc1ccccc1)Cc1cc(=O)n2ccsc2n1. The van der Waals surface area contributed by atoms with Crippen LogP contribution in [0.25, 0.3) is 4.96 Å². The summed E-state index contributed by atoms with van der Waals surface area (Å²) in [6, 6.07) is 12.0. The van der Waals surface area contributed by atoms with Gasteiger partial charge in [0.25, 0.3) is 5.56 Å². The highest BCUT2D eigenvalue weighted by atomic mass is 35.5. The van der Waals surface area contributed by atoms with E-state index in [1.807, 2.05) is 11.4 Å². The van der Waals surface area contributed by atoms with Crippen molar-refractivity contribution in [2.75, 3.05) is 19.6 Å². The van der Waals surface area contributed by atoms with Crippen LogP contribution in [0.15, 0.2) is 52.8 Å². The van der Waals surface area contributed by atoms with Gasteiger partial charge in [-0.3, -0.25) is 14.1 Å². The predicted molar refractivity (Wildman–Crippen MR) is 101 cm³/mol. The summed E-state index contributed by atoms with van der Waals surface area (Å²) in [6.45, 7) is 2.92. The number of nitrogens with zero attached hydrogens (tertiary/aromatic N) is 3. The number of benzene rings is 1. The second-order valence-electron chi connectivity index (χ2n) is 5.44. The molecular weight excluding hydrogens is 344 g/mol. The number of hydrogen-bond donors (Lipinski definition) is 1. The van der Waals surface area contributed by atoms with E-state index < -0.39 is 0 Å².